The Kier molecular flexibility index (Phi) is 7.56. The lowest BCUT2D eigenvalue weighted by molar-refractivity contribution is -0.126. The van der Waals surface area contributed by atoms with E-state index in [0.717, 1.165) is 66.8 Å². The minimum absolute atomic E-state index is 0.0228. The number of rotatable bonds is 5. The molecule has 1 saturated carbocycles. The van der Waals surface area contributed by atoms with Gasteiger partial charge in [-0.15, -0.1) is 0 Å². The number of ether oxygens (including phenoxy) is 1. The van der Waals surface area contributed by atoms with Crippen LogP contribution in [0.15, 0.2) is 42.9 Å². The number of carbonyl (C=O) groups excluding carboxylic acids is 1. The van der Waals surface area contributed by atoms with Gasteiger partial charge in [-0.1, -0.05) is 50.7 Å². The zero-order chi connectivity index (χ0) is 23.9. The van der Waals surface area contributed by atoms with Crippen molar-refractivity contribution in [3.8, 4) is 17.0 Å². The molecular weight excluding hydrogens is 440 g/mol. The number of hydrogen-bond donors (Lipinski definition) is 3. The maximum absolute atomic E-state index is 13.2. The third-order valence-electron chi connectivity index (χ3n) is 7.03. The lowest BCUT2D eigenvalue weighted by Crippen LogP contribution is -2.34. The van der Waals surface area contributed by atoms with E-state index in [4.69, 9.17) is 4.74 Å². The maximum Gasteiger partial charge on any atom is 0.227 e. The molecule has 1 fully saturated rings. The van der Waals surface area contributed by atoms with Gasteiger partial charge in [-0.05, 0) is 37.8 Å². The van der Waals surface area contributed by atoms with E-state index in [9.17, 15) is 4.79 Å². The van der Waals surface area contributed by atoms with Gasteiger partial charge in [-0.2, -0.15) is 5.10 Å². The zero-order valence-electron chi connectivity index (χ0n) is 20.1. The van der Waals surface area contributed by atoms with E-state index in [-0.39, 0.29) is 17.9 Å². The number of aromatic amines is 1. The van der Waals surface area contributed by atoms with Gasteiger partial charge in [0.1, 0.15) is 5.75 Å². The highest BCUT2D eigenvalue weighted by Crippen LogP contribution is 2.35. The molecule has 2 aliphatic rings. The Morgan fingerprint density at radius 2 is 1.83 bits per heavy atom. The summed E-state index contributed by atoms with van der Waals surface area (Å²) in [6, 6.07) is 8.02. The van der Waals surface area contributed by atoms with Crippen molar-refractivity contribution in [2.24, 2.45) is 5.92 Å². The van der Waals surface area contributed by atoms with Gasteiger partial charge in [0.2, 0.25) is 11.9 Å². The fourth-order valence-corrected chi connectivity index (χ4v) is 5.09. The molecule has 35 heavy (non-hydrogen) atoms. The van der Waals surface area contributed by atoms with E-state index in [1.54, 1.807) is 18.6 Å². The van der Waals surface area contributed by atoms with E-state index < -0.39 is 0 Å². The van der Waals surface area contributed by atoms with Gasteiger partial charge in [-0.3, -0.25) is 9.89 Å². The van der Waals surface area contributed by atoms with Crippen molar-refractivity contribution in [1.29, 1.82) is 0 Å². The molecule has 0 saturated heterocycles. The normalized spacial score (nSPS) is 19.3. The quantitative estimate of drug-likeness (QED) is 0.439. The molecule has 0 spiro atoms. The highest BCUT2D eigenvalue weighted by molar-refractivity contribution is 5.79. The molecule has 184 valence electrons. The molecule has 1 atom stereocenters. The molecular formula is C27H34N6O2. The van der Waals surface area contributed by atoms with Crippen LogP contribution >= 0.6 is 0 Å². The highest BCUT2D eigenvalue weighted by Gasteiger charge is 2.26. The third-order valence-corrected chi connectivity index (χ3v) is 7.03. The second-order valence-electron chi connectivity index (χ2n) is 9.58. The topological polar surface area (TPSA) is 105 Å². The number of H-pyrrole nitrogens is 1. The maximum atomic E-state index is 13.2. The average Bonchev–Trinajstić information content (AvgIpc) is 3.36. The van der Waals surface area contributed by atoms with Crippen molar-refractivity contribution >= 4 is 17.5 Å². The monoisotopic (exact) mass is 474 g/mol. The molecule has 0 bridgehead atoms. The summed E-state index contributed by atoms with van der Waals surface area (Å²) in [5.74, 6) is 1.66. The van der Waals surface area contributed by atoms with E-state index in [2.05, 4.69) is 42.9 Å². The fraction of sp³-hybridized carbons (Fsp3) is 0.481. The van der Waals surface area contributed by atoms with Crippen LogP contribution in [0.1, 0.15) is 75.8 Å². The van der Waals surface area contributed by atoms with Crippen molar-refractivity contribution in [1.82, 2.24) is 25.5 Å². The number of fused-ring (bicyclic) bond motifs is 1. The molecule has 8 nitrogen and oxygen atoms in total. The van der Waals surface area contributed by atoms with E-state index in [1.165, 1.54) is 25.7 Å². The lowest BCUT2D eigenvalue weighted by atomic mass is 9.94. The second-order valence-corrected chi connectivity index (χ2v) is 9.58. The number of carbonyl (C=O) groups is 1. The summed E-state index contributed by atoms with van der Waals surface area (Å²) in [4.78, 5) is 22.2. The largest absolute Gasteiger partial charge is 0.493 e. The van der Waals surface area contributed by atoms with Crippen molar-refractivity contribution in [3.63, 3.8) is 0 Å². The number of nitrogens with zero attached hydrogens (tertiary/aromatic N) is 3. The third kappa shape index (κ3) is 5.99. The molecule has 2 aromatic heterocycles. The van der Waals surface area contributed by atoms with Crippen molar-refractivity contribution in [2.45, 2.75) is 70.3 Å². The van der Waals surface area contributed by atoms with Gasteiger partial charge >= 0.3 is 0 Å². The summed E-state index contributed by atoms with van der Waals surface area (Å²) in [6.07, 6.45) is 16.4. The standard InChI is InChI=1S/C27H34N6O2/c34-26(19-8-5-3-1-2-4-6-9-19)32-24-10-7-15-35-25-16-20(11-12-22(24)25)23-13-14-28-27(33-23)31-21-17-29-30-18-21/h11-14,16-19,24H,1-10,15H2,(H,29,30)(H,32,34)(H,28,31,33). The van der Waals surface area contributed by atoms with E-state index >= 15 is 0 Å². The van der Waals surface area contributed by atoms with Gasteiger partial charge in [0, 0.05) is 29.4 Å². The number of aromatic nitrogens is 4. The van der Waals surface area contributed by atoms with Crippen LogP contribution in [0.3, 0.4) is 0 Å². The van der Waals surface area contributed by atoms with Crippen LogP contribution in [-0.2, 0) is 4.79 Å². The van der Waals surface area contributed by atoms with Gasteiger partial charge < -0.3 is 15.4 Å². The van der Waals surface area contributed by atoms with Crippen molar-refractivity contribution < 1.29 is 9.53 Å². The Bertz CT molecular complexity index is 1110. The molecule has 1 amide bonds. The molecule has 8 heteroatoms. The van der Waals surface area contributed by atoms with E-state index in [1.807, 2.05) is 12.1 Å². The molecule has 5 rings (SSSR count). The van der Waals surface area contributed by atoms with Crippen LogP contribution in [0.4, 0.5) is 11.6 Å². The number of amides is 1. The first-order valence-corrected chi connectivity index (χ1v) is 12.9. The van der Waals surface area contributed by atoms with Gasteiger partial charge in [0.05, 0.1) is 30.2 Å². The predicted octanol–water partition coefficient (Wildman–Crippen LogP) is 5.69. The Balaban J connectivity index is 1.32. The van der Waals surface area contributed by atoms with Crippen molar-refractivity contribution in [3.05, 3.63) is 48.4 Å². The minimum Gasteiger partial charge on any atom is -0.493 e. The molecule has 0 radical (unpaired) electrons. The Morgan fingerprint density at radius 1 is 1.00 bits per heavy atom. The first kappa shape index (κ1) is 23.3. The number of anilines is 2. The van der Waals surface area contributed by atoms with Crippen molar-refractivity contribution in [2.75, 3.05) is 11.9 Å². The van der Waals surface area contributed by atoms with Crippen LogP contribution in [0.5, 0.6) is 5.75 Å². The summed E-state index contributed by atoms with van der Waals surface area (Å²) in [6.45, 7) is 0.642. The molecule has 1 aromatic carbocycles. The Hall–Kier alpha value is -3.42. The zero-order valence-corrected chi connectivity index (χ0v) is 20.1. The van der Waals surface area contributed by atoms with Crippen LogP contribution < -0.4 is 15.4 Å². The first-order chi connectivity index (χ1) is 17.3. The van der Waals surface area contributed by atoms with Crippen LogP contribution in [-0.4, -0.2) is 32.7 Å². The SMILES string of the molecule is O=C(NC1CCCOc2cc(-c3ccnc(Nc4cn[nH]c4)n3)ccc21)C1CCCCCCCC1. The molecule has 3 N–H and O–H groups in total. The van der Waals surface area contributed by atoms with Crippen LogP contribution in [0, 0.1) is 5.92 Å². The minimum atomic E-state index is -0.0228. The number of benzene rings is 1. The first-order valence-electron chi connectivity index (χ1n) is 12.9. The average molecular weight is 475 g/mol. The van der Waals surface area contributed by atoms with Gasteiger partial charge in [-0.25, -0.2) is 9.97 Å². The summed E-state index contributed by atoms with van der Waals surface area (Å²) < 4.78 is 6.11. The molecule has 1 aliphatic carbocycles. The Labute approximate surface area is 206 Å². The second kappa shape index (κ2) is 11.3. The summed E-state index contributed by atoms with van der Waals surface area (Å²) in [5.41, 5.74) is 3.59. The van der Waals surface area contributed by atoms with Crippen LogP contribution in [0.25, 0.3) is 11.3 Å². The van der Waals surface area contributed by atoms with Gasteiger partial charge in [0.25, 0.3) is 0 Å². The lowest BCUT2D eigenvalue weighted by Gasteiger charge is -2.23. The number of nitrogens with one attached hydrogen (secondary N) is 3. The van der Waals surface area contributed by atoms with E-state index in [0.29, 0.717) is 12.6 Å². The molecule has 1 unspecified atom stereocenters. The highest BCUT2D eigenvalue weighted by atomic mass is 16.5. The summed E-state index contributed by atoms with van der Waals surface area (Å²) >= 11 is 0. The van der Waals surface area contributed by atoms with Gasteiger partial charge in [0.15, 0.2) is 0 Å². The molecule has 1 aliphatic heterocycles. The fourth-order valence-electron chi connectivity index (χ4n) is 5.09. The Morgan fingerprint density at radius 3 is 2.63 bits per heavy atom. The molecule has 3 aromatic rings. The number of hydrogen-bond acceptors (Lipinski definition) is 6. The predicted molar refractivity (Wildman–Crippen MR) is 135 cm³/mol. The van der Waals surface area contributed by atoms with Crippen LogP contribution in [0.2, 0.25) is 0 Å². The smallest absolute Gasteiger partial charge is 0.227 e. The summed E-state index contributed by atoms with van der Waals surface area (Å²) in [7, 11) is 0. The summed E-state index contributed by atoms with van der Waals surface area (Å²) in [5, 5.41) is 13.2. The molecule has 3 heterocycles.